The van der Waals surface area contributed by atoms with E-state index in [9.17, 15) is 0 Å². The summed E-state index contributed by atoms with van der Waals surface area (Å²) in [6.45, 7) is 4.37. The van der Waals surface area contributed by atoms with Gasteiger partial charge in [-0.1, -0.05) is 6.42 Å². The van der Waals surface area contributed by atoms with E-state index in [-0.39, 0.29) is 0 Å². The third-order valence-electron chi connectivity index (χ3n) is 5.63. The fourth-order valence-corrected chi connectivity index (χ4v) is 4.61. The molecule has 2 aromatic rings. The van der Waals surface area contributed by atoms with Crippen molar-refractivity contribution in [1.82, 2.24) is 14.5 Å². The molecule has 4 nitrogen and oxygen atoms in total. The van der Waals surface area contributed by atoms with Gasteiger partial charge in [0.15, 0.2) is 5.65 Å². The first kappa shape index (κ1) is 12.2. The van der Waals surface area contributed by atoms with E-state index in [1.165, 1.54) is 25.7 Å². The maximum atomic E-state index is 6.20. The van der Waals surface area contributed by atoms with E-state index in [0.29, 0.717) is 12.0 Å². The Balaban J connectivity index is 1.78. The predicted molar refractivity (Wildman–Crippen MR) is 80.3 cm³/mol. The Labute approximate surface area is 119 Å². The van der Waals surface area contributed by atoms with Crippen LogP contribution in [0.4, 0.5) is 5.95 Å². The molecule has 2 aliphatic carbocycles. The molecule has 4 heteroatoms. The number of hydrogen-bond acceptors (Lipinski definition) is 3. The number of pyridine rings is 1. The highest BCUT2D eigenvalue weighted by Crippen LogP contribution is 2.52. The Morgan fingerprint density at radius 2 is 2.20 bits per heavy atom. The summed E-state index contributed by atoms with van der Waals surface area (Å²) in [4.78, 5) is 9.08. The molecule has 0 saturated heterocycles. The normalized spacial score (nSPS) is 30.2. The molecule has 4 rings (SSSR count). The zero-order valence-electron chi connectivity index (χ0n) is 12.2. The second-order valence-electron chi connectivity index (χ2n) is 6.72. The molecule has 0 aromatic carbocycles. The van der Waals surface area contributed by atoms with Crippen LogP contribution in [0.5, 0.6) is 0 Å². The molecule has 2 saturated carbocycles. The average molecular weight is 270 g/mol. The Morgan fingerprint density at radius 3 is 2.90 bits per heavy atom. The maximum absolute atomic E-state index is 6.20. The summed E-state index contributed by atoms with van der Waals surface area (Å²) in [7, 11) is 0. The summed E-state index contributed by atoms with van der Waals surface area (Å²) < 4.78 is 2.17. The van der Waals surface area contributed by atoms with Crippen molar-refractivity contribution in [2.45, 2.75) is 45.6 Å². The fourth-order valence-electron chi connectivity index (χ4n) is 4.61. The molecule has 20 heavy (non-hydrogen) atoms. The maximum Gasteiger partial charge on any atom is 0.202 e. The zero-order valence-corrected chi connectivity index (χ0v) is 12.2. The van der Waals surface area contributed by atoms with Gasteiger partial charge in [0.05, 0.1) is 0 Å². The number of aryl methyl sites for hydroxylation is 1. The van der Waals surface area contributed by atoms with Crippen molar-refractivity contribution in [2.24, 2.45) is 17.8 Å². The minimum absolute atomic E-state index is 0.407. The third-order valence-corrected chi connectivity index (χ3v) is 5.63. The fraction of sp³-hybridized carbons (Fsp3) is 0.625. The molecule has 0 aliphatic heterocycles. The van der Waals surface area contributed by atoms with Crippen molar-refractivity contribution in [2.75, 3.05) is 5.73 Å². The summed E-state index contributed by atoms with van der Waals surface area (Å²) in [6.07, 6.45) is 7.48. The van der Waals surface area contributed by atoms with Gasteiger partial charge in [-0.2, -0.15) is 0 Å². The van der Waals surface area contributed by atoms with Gasteiger partial charge >= 0.3 is 0 Å². The van der Waals surface area contributed by atoms with Gasteiger partial charge in [-0.15, -0.1) is 0 Å². The highest BCUT2D eigenvalue weighted by atomic mass is 15.2. The number of aromatic nitrogens is 3. The minimum Gasteiger partial charge on any atom is -0.369 e. The van der Waals surface area contributed by atoms with Gasteiger partial charge in [0.2, 0.25) is 5.95 Å². The number of fused-ring (bicyclic) bond motifs is 3. The van der Waals surface area contributed by atoms with Gasteiger partial charge in [0.25, 0.3) is 0 Å². The zero-order chi connectivity index (χ0) is 13.9. The van der Waals surface area contributed by atoms with Crippen LogP contribution in [0, 0.1) is 24.7 Å². The molecule has 2 fully saturated rings. The van der Waals surface area contributed by atoms with E-state index in [0.717, 1.165) is 34.5 Å². The molecule has 0 amide bonds. The number of nitrogens with zero attached hydrogens (tertiary/aromatic N) is 3. The van der Waals surface area contributed by atoms with Gasteiger partial charge in [-0.05, 0) is 62.5 Å². The van der Waals surface area contributed by atoms with Crippen LogP contribution < -0.4 is 5.73 Å². The van der Waals surface area contributed by atoms with Crippen molar-refractivity contribution in [1.29, 1.82) is 0 Å². The second kappa shape index (κ2) is 4.21. The molecule has 106 valence electrons. The molecular weight excluding hydrogens is 248 g/mol. The highest BCUT2D eigenvalue weighted by Gasteiger charge is 2.42. The standard InChI is InChI=1S/C16H22N4/c1-9-5-6-18-15-14(9)19-16(17)20(15)10(2)13-8-11-3-4-12(13)7-11/h5-6,10-13H,3-4,7-8H2,1-2H3,(H2,17,19). The first-order valence-electron chi connectivity index (χ1n) is 7.74. The molecule has 2 heterocycles. The van der Waals surface area contributed by atoms with Crippen molar-refractivity contribution in [3.05, 3.63) is 17.8 Å². The number of imidazole rings is 1. The SMILES string of the molecule is Cc1ccnc2c1nc(N)n2C(C)C1CC2CCC1C2. The molecule has 0 radical (unpaired) electrons. The summed E-state index contributed by atoms with van der Waals surface area (Å²) >= 11 is 0. The van der Waals surface area contributed by atoms with Gasteiger partial charge in [0.1, 0.15) is 5.52 Å². The lowest BCUT2D eigenvalue weighted by atomic mass is 9.84. The van der Waals surface area contributed by atoms with Crippen LogP contribution in [0.25, 0.3) is 11.2 Å². The van der Waals surface area contributed by atoms with E-state index in [4.69, 9.17) is 5.73 Å². The van der Waals surface area contributed by atoms with E-state index in [1.54, 1.807) is 0 Å². The van der Waals surface area contributed by atoms with Crippen LogP contribution in [0.15, 0.2) is 12.3 Å². The number of nitrogen functional groups attached to an aromatic ring is 1. The van der Waals surface area contributed by atoms with Crippen LogP contribution >= 0.6 is 0 Å². The Morgan fingerprint density at radius 1 is 1.35 bits per heavy atom. The van der Waals surface area contributed by atoms with Crippen LogP contribution in [-0.2, 0) is 0 Å². The largest absolute Gasteiger partial charge is 0.369 e. The lowest BCUT2D eigenvalue weighted by molar-refractivity contribution is 0.247. The summed E-state index contributed by atoms with van der Waals surface area (Å²) in [5, 5.41) is 0. The Kier molecular flexibility index (Phi) is 2.56. The van der Waals surface area contributed by atoms with Crippen molar-refractivity contribution in [3.63, 3.8) is 0 Å². The van der Waals surface area contributed by atoms with E-state index in [2.05, 4.69) is 28.4 Å². The van der Waals surface area contributed by atoms with Crippen molar-refractivity contribution >= 4 is 17.1 Å². The smallest absolute Gasteiger partial charge is 0.202 e. The van der Waals surface area contributed by atoms with Gasteiger partial charge in [-0.25, -0.2) is 9.97 Å². The molecular formula is C16H22N4. The Bertz CT molecular complexity index is 660. The van der Waals surface area contributed by atoms with Gasteiger partial charge in [0, 0.05) is 12.2 Å². The highest BCUT2D eigenvalue weighted by molar-refractivity contribution is 5.77. The topological polar surface area (TPSA) is 56.7 Å². The first-order chi connectivity index (χ1) is 9.65. The van der Waals surface area contributed by atoms with Gasteiger partial charge in [-0.3, -0.25) is 4.57 Å². The average Bonchev–Trinajstić information content (AvgIpc) is 3.11. The lowest BCUT2D eigenvalue weighted by Gasteiger charge is -2.29. The molecule has 4 unspecified atom stereocenters. The Hall–Kier alpha value is -1.58. The molecule has 2 bridgehead atoms. The monoisotopic (exact) mass is 270 g/mol. The van der Waals surface area contributed by atoms with Crippen molar-refractivity contribution < 1.29 is 0 Å². The molecule has 2 N–H and O–H groups in total. The summed E-state index contributed by atoms with van der Waals surface area (Å²) in [5.41, 5.74) is 9.27. The lowest BCUT2D eigenvalue weighted by Crippen LogP contribution is -2.23. The van der Waals surface area contributed by atoms with Crippen LogP contribution in [0.1, 0.15) is 44.2 Å². The quantitative estimate of drug-likeness (QED) is 0.910. The van der Waals surface area contributed by atoms with Crippen molar-refractivity contribution in [3.8, 4) is 0 Å². The van der Waals surface area contributed by atoms with Crippen LogP contribution in [-0.4, -0.2) is 14.5 Å². The number of nitrogens with two attached hydrogens (primary N) is 1. The number of anilines is 1. The van der Waals surface area contributed by atoms with Crippen LogP contribution in [0.2, 0.25) is 0 Å². The molecule has 0 spiro atoms. The van der Waals surface area contributed by atoms with E-state index < -0.39 is 0 Å². The first-order valence-corrected chi connectivity index (χ1v) is 7.74. The van der Waals surface area contributed by atoms with E-state index >= 15 is 0 Å². The van der Waals surface area contributed by atoms with Crippen LogP contribution in [0.3, 0.4) is 0 Å². The molecule has 4 atom stereocenters. The molecule has 2 aliphatic rings. The summed E-state index contributed by atoms with van der Waals surface area (Å²) in [5.74, 6) is 3.21. The number of rotatable bonds is 2. The third kappa shape index (κ3) is 1.60. The van der Waals surface area contributed by atoms with E-state index in [1.807, 2.05) is 12.3 Å². The number of hydrogen-bond donors (Lipinski definition) is 1. The molecule has 2 aromatic heterocycles. The minimum atomic E-state index is 0.407. The predicted octanol–water partition coefficient (Wildman–Crippen LogP) is 3.32. The van der Waals surface area contributed by atoms with Gasteiger partial charge < -0.3 is 5.73 Å². The second-order valence-corrected chi connectivity index (χ2v) is 6.72. The summed E-state index contributed by atoms with van der Waals surface area (Å²) in [6, 6.07) is 2.41.